The fourth-order valence-electron chi connectivity index (χ4n) is 3.04. The molecular formula is C19H24N4O. The summed E-state index contributed by atoms with van der Waals surface area (Å²) in [7, 11) is 3.78. The monoisotopic (exact) mass is 324 g/mol. The van der Waals surface area contributed by atoms with Crippen LogP contribution in [0.1, 0.15) is 17.5 Å². The molecule has 0 aromatic heterocycles. The quantitative estimate of drug-likeness (QED) is 0.670. The minimum atomic E-state index is 0.384. The number of hydrogen-bond acceptors (Lipinski definition) is 3. The summed E-state index contributed by atoms with van der Waals surface area (Å²) in [6, 6.07) is 14.2. The van der Waals surface area contributed by atoms with Crippen LogP contribution in [-0.2, 0) is 13.0 Å². The van der Waals surface area contributed by atoms with E-state index >= 15 is 0 Å². The number of anilines is 2. The zero-order valence-electron chi connectivity index (χ0n) is 14.2. The molecule has 2 aromatic carbocycles. The number of methoxy groups -OCH3 is 1. The van der Waals surface area contributed by atoms with Gasteiger partial charge >= 0.3 is 0 Å². The second-order valence-electron chi connectivity index (χ2n) is 6.01. The number of fused-ring (bicyclic) bond motifs is 1. The molecule has 126 valence electrons. The number of ether oxygens (including phenoxy) is 1. The molecule has 0 aliphatic carbocycles. The molecule has 1 aliphatic rings. The minimum absolute atomic E-state index is 0.384. The predicted octanol–water partition coefficient (Wildman–Crippen LogP) is 3.00. The zero-order valence-corrected chi connectivity index (χ0v) is 14.2. The van der Waals surface area contributed by atoms with Crippen molar-refractivity contribution in [2.75, 3.05) is 30.9 Å². The van der Waals surface area contributed by atoms with E-state index < -0.39 is 0 Å². The van der Waals surface area contributed by atoms with Crippen LogP contribution < -0.4 is 20.7 Å². The van der Waals surface area contributed by atoms with Crippen LogP contribution in [0.3, 0.4) is 0 Å². The van der Waals surface area contributed by atoms with Crippen molar-refractivity contribution in [2.45, 2.75) is 19.4 Å². The van der Waals surface area contributed by atoms with Crippen LogP contribution in [0.2, 0.25) is 0 Å². The Balaban J connectivity index is 1.69. The van der Waals surface area contributed by atoms with Crippen molar-refractivity contribution in [1.29, 1.82) is 0 Å². The van der Waals surface area contributed by atoms with Crippen molar-refractivity contribution in [3.05, 3.63) is 53.6 Å². The van der Waals surface area contributed by atoms with Crippen molar-refractivity contribution < 1.29 is 4.74 Å². The van der Waals surface area contributed by atoms with Gasteiger partial charge in [-0.05, 0) is 42.2 Å². The summed E-state index contributed by atoms with van der Waals surface area (Å²) in [5, 5.41) is 3.10. The van der Waals surface area contributed by atoms with Gasteiger partial charge in [0.1, 0.15) is 5.75 Å². The number of nitrogens with two attached hydrogens (primary N) is 1. The number of nitrogens with zero attached hydrogens (tertiary/aromatic N) is 2. The van der Waals surface area contributed by atoms with Crippen LogP contribution in [0.5, 0.6) is 5.75 Å². The van der Waals surface area contributed by atoms with Gasteiger partial charge in [-0.3, -0.25) is 0 Å². The lowest BCUT2D eigenvalue weighted by atomic mass is 10.00. The molecule has 1 aliphatic heterocycles. The molecule has 0 unspecified atom stereocenters. The third-order valence-corrected chi connectivity index (χ3v) is 4.30. The van der Waals surface area contributed by atoms with Crippen LogP contribution in [0, 0.1) is 0 Å². The van der Waals surface area contributed by atoms with Crippen LogP contribution in [0.25, 0.3) is 0 Å². The molecule has 3 rings (SSSR count). The van der Waals surface area contributed by atoms with Gasteiger partial charge in [0.05, 0.1) is 19.3 Å². The molecule has 3 N–H and O–H groups in total. The highest BCUT2D eigenvalue weighted by atomic mass is 16.5. The Labute approximate surface area is 143 Å². The normalized spacial score (nSPS) is 14.2. The van der Waals surface area contributed by atoms with E-state index in [1.807, 2.05) is 24.3 Å². The Morgan fingerprint density at radius 2 is 2.12 bits per heavy atom. The molecule has 5 heteroatoms. The maximum Gasteiger partial charge on any atom is 0.193 e. The Morgan fingerprint density at radius 3 is 2.96 bits per heavy atom. The van der Waals surface area contributed by atoms with E-state index in [1.165, 1.54) is 23.2 Å². The lowest BCUT2D eigenvalue weighted by Gasteiger charge is -2.27. The molecule has 0 bridgehead atoms. The molecule has 0 radical (unpaired) electrons. The van der Waals surface area contributed by atoms with Crippen LogP contribution >= 0.6 is 0 Å². The molecule has 0 fully saturated rings. The van der Waals surface area contributed by atoms with E-state index in [9.17, 15) is 0 Å². The first-order chi connectivity index (χ1) is 11.7. The maximum absolute atomic E-state index is 6.01. The molecule has 0 spiro atoms. The van der Waals surface area contributed by atoms with E-state index in [1.54, 1.807) is 7.11 Å². The van der Waals surface area contributed by atoms with Gasteiger partial charge in [-0.15, -0.1) is 0 Å². The third-order valence-electron chi connectivity index (χ3n) is 4.30. The summed E-state index contributed by atoms with van der Waals surface area (Å²) in [4.78, 5) is 6.76. The second-order valence-corrected chi connectivity index (χ2v) is 6.01. The van der Waals surface area contributed by atoms with Gasteiger partial charge in [0.15, 0.2) is 5.96 Å². The van der Waals surface area contributed by atoms with E-state index in [2.05, 4.69) is 40.5 Å². The molecule has 0 saturated heterocycles. The number of hydrogen-bond donors (Lipinski definition) is 2. The van der Waals surface area contributed by atoms with Gasteiger partial charge < -0.3 is 20.7 Å². The van der Waals surface area contributed by atoms with Gasteiger partial charge in [-0.25, -0.2) is 4.99 Å². The van der Waals surface area contributed by atoms with Crippen LogP contribution in [0.4, 0.5) is 11.4 Å². The number of aliphatic imine (C=N–C) groups is 1. The lowest BCUT2D eigenvalue weighted by Crippen LogP contribution is -2.24. The van der Waals surface area contributed by atoms with E-state index in [-0.39, 0.29) is 0 Å². The fourth-order valence-corrected chi connectivity index (χ4v) is 3.04. The Hall–Kier alpha value is -2.69. The summed E-state index contributed by atoms with van der Waals surface area (Å²) in [5.74, 6) is 1.13. The molecule has 0 atom stereocenters. The van der Waals surface area contributed by atoms with E-state index in [4.69, 9.17) is 10.5 Å². The first kappa shape index (κ1) is 16.2. The first-order valence-electron chi connectivity index (χ1n) is 8.20. The molecule has 24 heavy (non-hydrogen) atoms. The standard InChI is InChI=1S/C19H24N4O/c1-23-11-5-6-15-12-14(9-10-17(15)23)13-21-19(20)22-16-7-3-4-8-18(16)24-2/h3-4,7-10,12H,5-6,11,13H2,1-2H3,(H3,20,21,22). The summed E-state index contributed by atoms with van der Waals surface area (Å²) in [6.07, 6.45) is 2.33. The smallest absolute Gasteiger partial charge is 0.193 e. The number of aryl methyl sites for hydroxylation is 1. The van der Waals surface area contributed by atoms with Crippen molar-refractivity contribution in [1.82, 2.24) is 0 Å². The molecule has 0 saturated carbocycles. The lowest BCUT2D eigenvalue weighted by molar-refractivity contribution is 0.417. The number of rotatable bonds is 4. The van der Waals surface area contributed by atoms with Gasteiger partial charge in [0, 0.05) is 19.3 Å². The van der Waals surface area contributed by atoms with Crippen LogP contribution in [0.15, 0.2) is 47.5 Å². The number of benzene rings is 2. The molecular weight excluding hydrogens is 300 g/mol. The molecule has 5 nitrogen and oxygen atoms in total. The third kappa shape index (κ3) is 3.62. The number of nitrogens with one attached hydrogen (secondary N) is 1. The Morgan fingerprint density at radius 1 is 1.29 bits per heavy atom. The van der Waals surface area contributed by atoms with Crippen molar-refractivity contribution in [3.63, 3.8) is 0 Å². The van der Waals surface area contributed by atoms with Gasteiger partial charge in [-0.2, -0.15) is 0 Å². The Bertz CT molecular complexity index is 742. The highest BCUT2D eigenvalue weighted by molar-refractivity contribution is 5.93. The average Bonchev–Trinajstić information content (AvgIpc) is 2.60. The largest absolute Gasteiger partial charge is 0.495 e. The van der Waals surface area contributed by atoms with E-state index in [0.29, 0.717) is 12.5 Å². The SMILES string of the molecule is COc1ccccc1NC(N)=NCc1ccc2c(c1)CCCN2C. The number of guanidine groups is 1. The van der Waals surface area contributed by atoms with Crippen molar-refractivity contribution in [3.8, 4) is 5.75 Å². The zero-order chi connectivity index (χ0) is 16.9. The van der Waals surface area contributed by atoms with Crippen molar-refractivity contribution >= 4 is 17.3 Å². The maximum atomic E-state index is 6.01. The first-order valence-corrected chi connectivity index (χ1v) is 8.20. The summed E-state index contributed by atoms with van der Waals surface area (Å²) < 4.78 is 5.30. The van der Waals surface area contributed by atoms with Crippen LogP contribution in [-0.4, -0.2) is 26.7 Å². The Kier molecular flexibility index (Phi) is 4.89. The predicted molar refractivity (Wildman–Crippen MR) is 100.0 cm³/mol. The topological polar surface area (TPSA) is 62.9 Å². The van der Waals surface area contributed by atoms with Gasteiger partial charge in [0.25, 0.3) is 0 Å². The summed E-state index contributed by atoms with van der Waals surface area (Å²) in [6.45, 7) is 1.69. The summed E-state index contributed by atoms with van der Waals surface area (Å²) >= 11 is 0. The minimum Gasteiger partial charge on any atom is -0.495 e. The average molecular weight is 324 g/mol. The van der Waals surface area contributed by atoms with E-state index in [0.717, 1.165) is 24.4 Å². The molecule has 2 aromatic rings. The van der Waals surface area contributed by atoms with Crippen molar-refractivity contribution in [2.24, 2.45) is 10.7 Å². The second kappa shape index (κ2) is 7.25. The highest BCUT2D eigenvalue weighted by Crippen LogP contribution is 2.27. The fraction of sp³-hybridized carbons (Fsp3) is 0.316. The summed E-state index contributed by atoms with van der Waals surface area (Å²) in [5.41, 5.74) is 10.7. The molecule has 0 amide bonds. The highest BCUT2D eigenvalue weighted by Gasteiger charge is 2.13. The molecule has 1 heterocycles. The van der Waals surface area contributed by atoms with Gasteiger partial charge in [-0.1, -0.05) is 24.3 Å². The number of para-hydroxylation sites is 2. The van der Waals surface area contributed by atoms with Gasteiger partial charge in [0.2, 0.25) is 0 Å².